The van der Waals surface area contributed by atoms with E-state index in [9.17, 15) is 18.0 Å². The van der Waals surface area contributed by atoms with Crippen LogP contribution in [-0.4, -0.2) is 19.3 Å². The number of benzene rings is 1. The highest BCUT2D eigenvalue weighted by atomic mass is 79.9. The Morgan fingerprint density at radius 2 is 1.94 bits per heavy atom. The molecule has 94 valence electrons. The van der Waals surface area contributed by atoms with Crippen LogP contribution in [0.4, 0.5) is 13.2 Å². The molecule has 0 amide bonds. The van der Waals surface area contributed by atoms with Crippen molar-refractivity contribution in [2.24, 2.45) is 0 Å². The molecule has 1 aromatic carbocycles. The predicted octanol–water partition coefficient (Wildman–Crippen LogP) is 3.56. The number of rotatable bonds is 3. The summed E-state index contributed by atoms with van der Waals surface area (Å²) in [5.41, 5.74) is 0.0944. The molecule has 0 radical (unpaired) electrons. The van der Waals surface area contributed by atoms with Crippen LogP contribution in [0.15, 0.2) is 16.6 Å². The fourth-order valence-corrected chi connectivity index (χ4v) is 1.77. The van der Waals surface area contributed by atoms with Gasteiger partial charge in [0.05, 0.1) is 11.6 Å². The topological polar surface area (TPSA) is 35.5 Å². The van der Waals surface area contributed by atoms with E-state index in [1.165, 1.54) is 20.1 Å². The monoisotopic (exact) mass is 312 g/mol. The van der Waals surface area contributed by atoms with Crippen LogP contribution in [0.25, 0.3) is 0 Å². The van der Waals surface area contributed by atoms with Crippen LogP contribution in [0.3, 0.4) is 0 Å². The number of halogens is 4. The van der Waals surface area contributed by atoms with Crippen molar-refractivity contribution in [2.75, 3.05) is 7.11 Å². The van der Waals surface area contributed by atoms with Crippen molar-refractivity contribution in [3.8, 4) is 11.5 Å². The van der Waals surface area contributed by atoms with Crippen LogP contribution in [-0.2, 0) is 0 Å². The molecule has 0 saturated heterocycles. The zero-order chi connectivity index (χ0) is 13.2. The second-order valence-electron chi connectivity index (χ2n) is 3.09. The molecule has 0 aliphatic rings. The summed E-state index contributed by atoms with van der Waals surface area (Å²) in [5, 5.41) is 0. The lowest BCUT2D eigenvalue weighted by molar-refractivity contribution is -0.275. The number of alkyl halides is 3. The average molecular weight is 313 g/mol. The van der Waals surface area contributed by atoms with E-state index in [2.05, 4.69) is 20.7 Å². The van der Waals surface area contributed by atoms with Crippen molar-refractivity contribution in [1.29, 1.82) is 0 Å². The van der Waals surface area contributed by atoms with Gasteiger partial charge >= 0.3 is 6.36 Å². The van der Waals surface area contributed by atoms with Gasteiger partial charge in [-0.25, -0.2) is 0 Å². The SMILES string of the molecule is COc1c(Br)cc(C(C)=O)cc1OC(F)(F)F. The lowest BCUT2D eigenvalue weighted by Gasteiger charge is -2.14. The first-order valence-corrected chi connectivity index (χ1v) is 5.18. The summed E-state index contributed by atoms with van der Waals surface area (Å²) < 4.78 is 45.2. The van der Waals surface area contributed by atoms with Crippen LogP contribution in [0.2, 0.25) is 0 Å². The summed E-state index contributed by atoms with van der Waals surface area (Å²) in [6.07, 6.45) is -4.85. The number of carbonyl (C=O) groups is 1. The van der Waals surface area contributed by atoms with Gasteiger partial charge in [-0.15, -0.1) is 13.2 Å². The Kier molecular flexibility index (Phi) is 4.03. The summed E-state index contributed by atoms with van der Waals surface area (Å²) in [5.74, 6) is -1.05. The van der Waals surface area contributed by atoms with E-state index < -0.39 is 12.1 Å². The third kappa shape index (κ3) is 3.62. The van der Waals surface area contributed by atoms with E-state index >= 15 is 0 Å². The van der Waals surface area contributed by atoms with Crippen LogP contribution < -0.4 is 9.47 Å². The standard InChI is InChI=1S/C10H8BrF3O3/c1-5(15)6-3-7(11)9(16-2)8(4-6)17-10(12,13)14/h3-4H,1-2H3. The molecule has 1 rings (SSSR count). The summed E-state index contributed by atoms with van der Waals surface area (Å²) in [6.45, 7) is 1.24. The number of carbonyl (C=O) groups excluding carboxylic acids is 1. The Morgan fingerprint density at radius 3 is 2.35 bits per heavy atom. The molecule has 0 aromatic heterocycles. The Balaban J connectivity index is 3.29. The van der Waals surface area contributed by atoms with Gasteiger partial charge in [0.25, 0.3) is 0 Å². The van der Waals surface area contributed by atoms with Crippen molar-refractivity contribution in [3.63, 3.8) is 0 Å². The molecule has 0 atom stereocenters. The third-order valence-corrected chi connectivity index (χ3v) is 2.43. The minimum Gasteiger partial charge on any atom is -0.492 e. The number of methoxy groups -OCH3 is 1. The molecule has 0 saturated carbocycles. The fourth-order valence-electron chi connectivity index (χ4n) is 1.17. The zero-order valence-corrected chi connectivity index (χ0v) is 10.5. The maximum Gasteiger partial charge on any atom is 0.573 e. The third-order valence-electron chi connectivity index (χ3n) is 1.85. The van der Waals surface area contributed by atoms with Crippen molar-refractivity contribution in [3.05, 3.63) is 22.2 Å². The van der Waals surface area contributed by atoms with Gasteiger partial charge in [-0.1, -0.05) is 0 Å². The molecular weight excluding hydrogens is 305 g/mol. The van der Waals surface area contributed by atoms with E-state index in [1.54, 1.807) is 0 Å². The molecule has 1 aromatic rings. The van der Waals surface area contributed by atoms with Gasteiger partial charge in [0, 0.05) is 5.56 Å². The highest BCUT2D eigenvalue weighted by Gasteiger charge is 2.33. The molecule has 0 aliphatic carbocycles. The molecule has 7 heteroatoms. The normalized spacial score (nSPS) is 11.2. The smallest absolute Gasteiger partial charge is 0.492 e. The maximum absolute atomic E-state index is 12.1. The first-order chi connectivity index (χ1) is 7.74. The van der Waals surface area contributed by atoms with E-state index in [1.807, 2.05) is 0 Å². The molecular formula is C10H8BrF3O3. The zero-order valence-electron chi connectivity index (χ0n) is 8.89. The molecule has 0 fully saturated rings. The Bertz CT molecular complexity index is 443. The Hall–Kier alpha value is -1.24. The van der Waals surface area contributed by atoms with Gasteiger partial charge in [0.1, 0.15) is 0 Å². The minimum absolute atomic E-state index is 0.0944. The molecule has 0 aliphatic heterocycles. The summed E-state index contributed by atoms with van der Waals surface area (Å²) >= 11 is 3.01. The van der Waals surface area contributed by atoms with Crippen molar-refractivity contribution in [2.45, 2.75) is 13.3 Å². The average Bonchev–Trinajstić information content (AvgIpc) is 2.14. The largest absolute Gasteiger partial charge is 0.573 e. The van der Waals surface area contributed by atoms with Gasteiger partial charge in [-0.05, 0) is 35.0 Å². The second-order valence-corrected chi connectivity index (χ2v) is 3.95. The lowest BCUT2D eigenvalue weighted by Crippen LogP contribution is -2.18. The number of ether oxygens (including phenoxy) is 2. The van der Waals surface area contributed by atoms with Gasteiger partial charge in [-0.2, -0.15) is 0 Å². The second kappa shape index (κ2) is 4.95. The molecule has 0 N–H and O–H groups in total. The van der Waals surface area contributed by atoms with Crippen molar-refractivity contribution in [1.82, 2.24) is 0 Å². The van der Waals surface area contributed by atoms with E-state index in [4.69, 9.17) is 4.74 Å². The summed E-state index contributed by atoms with van der Waals surface area (Å²) in [4.78, 5) is 11.1. The number of ketones is 1. The van der Waals surface area contributed by atoms with Crippen LogP contribution in [0.1, 0.15) is 17.3 Å². The molecule has 0 heterocycles. The molecule has 0 spiro atoms. The van der Waals surface area contributed by atoms with Gasteiger partial charge in [-0.3, -0.25) is 4.79 Å². The van der Waals surface area contributed by atoms with Gasteiger partial charge in [0.15, 0.2) is 17.3 Å². The Labute approximate surface area is 104 Å². The van der Waals surface area contributed by atoms with Crippen LogP contribution in [0, 0.1) is 0 Å². The molecule has 17 heavy (non-hydrogen) atoms. The molecule has 3 nitrogen and oxygen atoms in total. The quantitative estimate of drug-likeness (QED) is 0.801. The first kappa shape index (κ1) is 13.8. The van der Waals surface area contributed by atoms with E-state index in [0.717, 1.165) is 6.07 Å². The van der Waals surface area contributed by atoms with Crippen molar-refractivity contribution < 1.29 is 27.4 Å². The number of hydrogen-bond donors (Lipinski definition) is 0. The van der Waals surface area contributed by atoms with Crippen LogP contribution >= 0.6 is 15.9 Å². The van der Waals surface area contributed by atoms with Crippen molar-refractivity contribution >= 4 is 21.7 Å². The van der Waals surface area contributed by atoms with E-state index in [-0.39, 0.29) is 21.6 Å². The minimum atomic E-state index is -4.85. The predicted molar refractivity (Wildman–Crippen MR) is 57.4 cm³/mol. The summed E-state index contributed by atoms with van der Waals surface area (Å²) in [6, 6.07) is 2.35. The fraction of sp³-hybridized carbons (Fsp3) is 0.300. The number of Topliss-reactive ketones (excluding diaryl/α,β-unsaturated/α-hetero) is 1. The van der Waals surface area contributed by atoms with Gasteiger partial charge in [0.2, 0.25) is 0 Å². The maximum atomic E-state index is 12.1. The highest BCUT2D eigenvalue weighted by Crippen LogP contribution is 2.39. The van der Waals surface area contributed by atoms with Crippen LogP contribution in [0.5, 0.6) is 11.5 Å². The summed E-state index contributed by atoms with van der Waals surface area (Å²) in [7, 11) is 1.21. The lowest BCUT2D eigenvalue weighted by atomic mass is 10.1. The van der Waals surface area contributed by atoms with Gasteiger partial charge < -0.3 is 9.47 Å². The first-order valence-electron chi connectivity index (χ1n) is 4.39. The molecule has 0 unspecified atom stereocenters. The molecule has 0 bridgehead atoms. The van der Waals surface area contributed by atoms with E-state index in [0.29, 0.717) is 0 Å². The number of hydrogen-bond acceptors (Lipinski definition) is 3. The highest BCUT2D eigenvalue weighted by molar-refractivity contribution is 9.10. The Morgan fingerprint density at radius 1 is 1.35 bits per heavy atom.